The highest BCUT2D eigenvalue weighted by Gasteiger charge is 2.27. The zero-order valence-corrected chi connectivity index (χ0v) is 13.5. The molecule has 1 aromatic rings. The summed E-state index contributed by atoms with van der Waals surface area (Å²) in [6, 6.07) is 4.14. The van der Waals surface area contributed by atoms with Crippen LogP contribution in [0.5, 0.6) is 0 Å². The van der Waals surface area contributed by atoms with Gasteiger partial charge in [0.25, 0.3) is 0 Å². The van der Waals surface area contributed by atoms with Crippen molar-refractivity contribution in [3.05, 3.63) is 29.8 Å². The molecule has 0 aromatic heterocycles. The highest BCUT2D eigenvalue weighted by molar-refractivity contribution is 5.80. The van der Waals surface area contributed by atoms with Gasteiger partial charge in [0, 0.05) is 32.7 Å². The summed E-state index contributed by atoms with van der Waals surface area (Å²) in [5, 5.41) is 6.67. The van der Waals surface area contributed by atoms with Crippen LogP contribution in [-0.2, 0) is 0 Å². The fourth-order valence-corrected chi connectivity index (χ4v) is 3.06. The average molecular weight is 322 g/mol. The van der Waals surface area contributed by atoms with Crippen molar-refractivity contribution in [1.82, 2.24) is 10.6 Å². The maximum absolute atomic E-state index is 13.9. The molecule has 6 heteroatoms. The molecule has 3 rings (SSSR count). The summed E-state index contributed by atoms with van der Waals surface area (Å²) in [5.74, 6) is 0.647. The number of anilines is 1. The highest BCUT2D eigenvalue weighted by atomic mass is 19.1. The van der Waals surface area contributed by atoms with Crippen LogP contribution in [0, 0.1) is 17.6 Å². The molecule has 23 heavy (non-hydrogen) atoms. The Morgan fingerprint density at radius 3 is 2.65 bits per heavy atom. The molecule has 1 aromatic carbocycles. The lowest BCUT2D eigenvalue weighted by atomic mass is 10.2. The molecule has 1 saturated heterocycles. The number of halogens is 2. The first-order chi connectivity index (χ1) is 11.2. The predicted octanol–water partition coefficient (Wildman–Crippen LogP) is 2.51. The van der Waals surface area contributed by atoms with E-state index in [0.29, 0.717) is 13.1 Å². The topological polar surface area (TPSA) is 39.7 Å². The van der Waals surface area contributed by atoms with Crippen molar-refractivity contribution in [3.8, 4) is 0 Å². The van der Waals surface area contributed by atoms with Crippen LogP contribution in [0.25, 0.3) is 0 Å². The molecule has 2 aliphatic rings. The highest BCUT2D eigenvalue weighted by Crippen LogP contribution is 2.31. The van der Waals surface area contributed by atoms with E-state index in [1.807, 2.05) is 0 Å². The predicted molar refractivity (Wildman–Crippen MR) is 88.8 cm³/mol. The Bertz CT molecular complexity index is 551. The summed E-state index contributed by atoms with van der Waals surface area (Å²) in [7, 11) is 1.75. The standard InChI is InChI=1S/C17H24F2N4/c1-20-17(21-9-7-12-5-6-12)22-13-8-10-23(11-13)16-14(18)3-2-4-15(16)19/h2-4,12-13H,5-11H2,1H3,(H2,20,21,22). The quantitative estimate of drug-likeness (QED) is 0.646. The third-order valence-electron chi connectivity index (χ3n) is 4.55. The van der Waals surface area contributed by atoms with Crippen LogP contribution in [0.15, 0.2) is 23.2 Å². The van der Waals surface area contributed by atoms with Crippen LogP contribution in [0.3, 0.4) is 0 Å². The maximum atomic E-state index is 13.9. The van der Waals surface area contributed by atoms with Crippen molar-refractivity contribution in [3.63, 3.8) is 0 Å². The van der Waals surface area contributed by atoms with Gasteiger partial charge < -0.3 is 15.5 Å². The monoisotopic (exact) mass is 322 g/mol. The second-order valence-corrected chi connectivity index (χ2v) is 6.38. The molecule has 0 amide bonds. The zero-order chi connectivity index (χ0) is 16.2. The number of nitrogens with zero attached hydrogens (tertiary/aromatic N) is 2. The molecule has 1 saturated carbocycles. The molecule has 0 radical (unpaired) electrons. The lowest BCUT2D eigenvalue weighted by molar-refractivity contribution is 0.575. The van der Waals surface area contributed by atoms with Crippen LogP contribution in [-0.4, -0.2) is 38.7 Å². The lowest BCUT2D eigenvalue weighted by Crippen LogP contribution is -2.45. The number of nitrogens with one attached hydrogen (secondary N) is 2. The van der Waals surface area contributed by atoms with Crippen molar-refractivity contribution in [2.45, 2.75) is 31.7 Å². The van der Waals surface area contributed by atoms with Crippen molar-refractivity contribution in [2.24, 2.45) is 10.9 Å². The van der Waals surface area contributed by atoms with Crippen molar-refractivity contribution in [1.29, 1.82) is 0 Å². The van der Waals surface area contributed by atoms with Crippen molar-refractivity contribution >= 4 is 11.6 Å². The van der Waals surface area contributed by atoms with E-state index in [2.05, 4.69) is 15.6 Å². The van der Waals surface area contributed by atoms with Gasteiger partial charge in [0.05, 0.1) is 0 Å². The van der Waals surface area contributed by atoms with E-state index < -0.39 is 11.6 Å². The largest absolute Gasteiger partial charge is 0.365 e. The van der Waals surface area contributed by atoms with E-state index in [1.54, 1.807) is 11.9 Å². The van der Waals surface area contributed by atoms with E-state index in [4.69, 9.17) is 0 Å². The number of para-hydroxylation sites is 1. The molecule has 2 fully saturated rings. The van der Waals surface area contributed by atoms with Crippen molar-refractivity contribution < 1.29 is 8.78 Å². The van der Waals surface area contributed by atoms with Gasteiger partial charge in [-0.1, -0.05) is 18.9 Å². The minimum atomic E-state index is -0.502. The summed E-state index contributed by atoms with van der Waals surface area (Å²) in [5.41, 5.74) is 0.0773. The number of hydrogen-bond acceptors (Lipinski definition) is 2. The first-order valence-corrected chi connectivity index (χ1v) is 8.33. The van der Waals surface area contributed by atoms with Gasteiger partial charge in [0.1, 0.15) is 17.3 Å². The minimum Gasteiger partial charge on any atom is -0.365 e. The first kappa shape index (κ1) is 16.0. The molecule has 1 unspecified atom stereocenters. The minimum absolute atomic E-state index is 0.0773. The van der Waals surface area contributed by atoms with Crippen LogP contribution in [0.2, 0.25) is 0 Å². The Morgan fingerprint density at radius 2 is 2.00 bits per heavy atom. The number of hydrogen-bond donors (Lipinski definition) is 2. The SMILES string of the molecule is CN=C(NCCC1CC1)NC1CCN(c2c(F)cccc2F)C1. The summed E-state index contributed by atoms with van der Waals surface area (Å²) in [4.78, 5) is 5.99. The smallest absolute Gasteiger partial charge is 0.191 e. The Labute approximate surface area is 136 Å². The van der Waals surface area contributed by atoms with Gasteiger partial charge in [-0.3, -0.25) is 4.99 Å². The van der Waals surface area contributed by atoms with Gasteiger partial charge in [0.15, 0.2) is 5.96 Å². The molecule has 0 bridgehead atoms. The van der Waals surface area contributed by atoms with E-state index >= 15 is 0 Å². The van der Waals surface area contributed by atoms with Crippen LogP contribution < -0.4 is 15.5 Å². The van der Waals surface area contributed by atoms with Crippen LogP contribution >= 0.6 is 0 Å². The van der Waals surface area contributed by atoms with E-state index in [-0.39, 0.29) is 11.7 Å². The number of aliphatic imine (C=N–C) groups is 1. The Kier molecular flexibility index (Phi) is 4.98. The fourth-order valence-electron chi connectivity index (χ4n) is 3.06. The lowest BCUT2D eigenvalue weighted by Gasteiger charge is -2.21. The van der Waals surface area contributed by atoms with Gasteiger partial charge in [-0.2, -0.15) is 0 Å². The van der Waals surface area contributed by atoms with Gasteiger partial charge >= 0.3 is 0 Å². The molecule has 2 N–H and O–H groups in total. The van der Waals surface area contributed by atoms with Gasteiger partial charge in [-0.25, -0.2) is 8.78 Å². The maximum Gasteiger partial charge on any atom is 0.191 e. The van der Waals surface area contributed by atoms with Gasteiger partial charge in [-0.05, 0) is 30.9 Å². The summed E-state index contributed by atoms with van der Waals surface area (Å²) in [6.07, 6.45) is 4.70. The van der Waals surface area contributed by atoms with E-state index in [9.17, 15) is 8.78 Å². The normalized spacial score (nSPS) is 21.6. The number of benzene rings is 1. The molecule has 1 aliphatic carbocycles. The second-order valence-electron chi connectivity index (χ2n) is 6.38. The van der Waals surface area contributed by atoms with Crippen molar-refractivity contribution in [2.75, 3.05) is 31.6 Å². The molecule has 126 valence electrons. The Balaban J connectivity index is 1.52. The second kappa shape index (κ2) is 7.15. The Hall–Kier alpha value is -1.85. The van der Waals surface area contributed by atoms with Gasteiger partial charge in [0.2, 0.25) is 0 Å². The molecule has 0 spiro atoms. The van der Waals surface area contributed by atoms with E-state index in [0.717, 1.165) is 24.8 Å². The van der Waals surface area contributed by atoms with E-state index in [1.165, 1.54) is 37.5 Å². The first-order valence-electron chi connectivity index (χ1n) is 8.33. The van der Waals surface area contributed by atoms with Crippen LogP contribution in [0.4, 0.5) is 14.5 Å². The summed E-state index contributed by atoms with van der Waals surface area (Å²) in [6.45, 7) is 2.12. The molecular formula is C17H24F2N4. The summed E-state index contributed by atoms with van der Waals surface area (Å²) >= 11 is 0. The fraction of sp³-hybridized carbons (Fsp3) is 0.588. The molecule has 1 heterocycles. The number of guanidine groups is 1. The summed E-state index contributed by atoms with van der Waals surface area (Å²) < 4.78 is 27.7. The molecular weight excluding hydrogens is 298 g/mol. The molecule has 4 nitrogen and oxygen atoms in total. The third kappa shape index (κ3) is 4.12. The Morgan fingerprint density at radius 1 is 1.26 bits per heavy atom. The zero-order valence-electron chi connectivity index (χ0n) is 13.5. The van der Waals surface area contributed by atoms with Gasteiger partial charge in [-0.15, -0.1) is 0 Å². The number of rotatable bonds is 5. The third-order valence-corrected chi connectivity index (χ3v) is 4.55. The average Bonchev–Trinajstić information content (AvgIpc) is 3.24. The molecule has 1 atom stereocenters. The molecule has 1 aliphatic heterocycles. The van der Waals surface area contributed by atoms with Crippen LogP contribution in [0.1, 0.15) is 25.7 Å².